The van der Waals surface area contributed by atoms with Crippen LogP contribution in [0.3, 0.4) is 0 Å². The molecule has 0 fully saturated rings. The monoisotopic (exact) mass is 440 g/mol. The van der Waals surface area contributed by atoms with E-state index in [2.05, 4.69) is 57.3 Å². The lowest BCUT2D eigenvalue weighted by Crippen LogP contribution is -2.23. The fraction of sp³-hybridized carbons (Fsp3) is 0.100. The van der Waals surface area contributed by atoms with Crippen molar-refractivity contribution >= 4 is 47.1 Å². The Kier molecular flexibility index (Phi) is 9.58. The molecular weight excluding hydrogens is 420 g/mol. The number of benzene rings is 2. The van der Waals surface area contributed by atoms with Crippen LogP contribution in [0.15, 0.2) is 58.7 Å². The second kappa shape index (κ2) is 12.7. The SMILES string of the molecule is NC(=S)N/N=C/c1cccc(OCC#CCOc2cccc(/C=N/NC(N)=S)c2)c1. The molecule has 0 radical (unpaired) electrons. The molecule has 2 aromatic rings. The van der Waals surface area contributed by atoms with E-state index in [0.29, 0.717) is 11.5 Å². The molecule has 30 heavy (non-hydrogen) atoms. The average Bonchev–Trinajstić information content (AvgIpc) is 2.71. The van der Waals surface area contributed by atoms with Crippen molar-refractivity contribution in [3.8, 4) is 23.3 Å². The van der Waals surface area contributed by atoms with Crippen LogP contribution in [-0.2, 0) is 0 Å². The average molecular weight is 441 g/mol. The van der Waals surface area contributed by atoms with E-state index in [1.165, 1.54) is 0 Å². The molecule has 0 amide bonds. The lowest BCUT2D eigenvalue weighted by Gasteiger charge is -2.03. The summed E-state index contributed by atoms with van der Waals surface area (Å²) in [6.07, 6.45) is 3.18. The van der Waals surface area contributed by atoms with Gasteiger partial charge >= 0.3 is 0 Å². The molecule has 2 aromatic carbocycles. The maximum absolute atomic E-state index is 5.60. The van der Waals surface area contributed by atoms with E-state index in [-0.39, 0.29) is 23.4 Å². The van der Waals surface area contributed by atoms with E-state index in [1.807, 2.05) is 48.5 Å². The molecule has 0 aromatic heterocycles. The van der Waals surface area contributed by atoms with Gasteiger partial charge in [-0.3, -0.25) is 10.9 Å². The van der Waals surface area contributed by atoms with Gasteiger partial charge < -0.3 is 20.9 Å². The number of hydrazone groups is 2. The van der Waals surface area contributed by atoms with E-state index in [0.717, 1.165) is 11.1 Å². The highest BCUT2D eigenvalue weighted by Crippen LogP contribution is 2.12. The van der Waals surface area contributed by atoms with Gasteiger partial charge in [-0.15, -0.1) is 0 Å². The minimum atomic E-state index is 0.101. The van der Waals surface area contributed by atoms with E-state index in [4.69, 9.17) is 20.9 Å². The number of ether oxygens (including phenoxy) is 2. The maximum atomic E-state index is 5.60. The summed E-state index contributed by atoms with van der Waals surface area (Å²) in [5, 5.41) is 8.00. The quantitative estimate of drug-likeness (QED) is 0.211. The number of thiocarbonyl (C=S) groups is 2. The predicted octanol–water partition coefficient (Wildman–Crippen LogP) is 1.48. The number of rotatable bonds is 8. The van der Waals surface area contributed by atoms with Crippen molar-refractivity contribution < 1.29 is 9.47 Å². The van der Waals surface area contributed by atoms with Gasteiger partial charge in [0.15, 0.2) is 10.2 Å². The number of hydrogen-bond donors (Lipinski definition) is 4. The Morgan fingerprint density at radius 3 is 1.67 bits per heavy atom. The maximum Gasteiger partial charge on any atom is 0.184 e. The first-order valence-corrected chi connectivity index (χ1v) is 9.43. The molecule has 0 spiro atoms. The first-order chi connectivity index (χ1) is 14.5. The van der Waals surface area contributed by atoms with Crippen LogP contribution in [0.5, 0.6) is 11.5 Å². The Labute approximate surface area is 185 Å². The van der Waals surface area contributed by atoms with Crippen LogP contribution in [0.1, 0.15) is 11.1 Å². The van der Waals surface area contributed by atoms with Crippen LogP contribution >= 0.6 is 24.4 Å². The molecule has 2 rings (SSSR count). The van der Waals surface area contributed by atoms with Crippen LogP contribution in [0.2, 0.25) is 0 Å². The smallest absolute Gasteiger partial charge is 0.184 e. The summed E-state index contributed by atoms with van der Waals surface area (Å²) < 4.78 is 11.2. The van der Waals surface area contributed by atoms with Crippen molar-refractivity contribution in [1.82, 2.24) is 10.9 Å². The van der Waals surface area contributed by atoms with Crippen LogP contribution < -0.4 is 31.8 Å². The molecule has 0 unspecified atom stereocenters. The number of nitrogens with zero attached hydrogens (tertiary/aromatic N) is 2. The van der Waals surface area contributed by atoms with Crippen molar-refractivity contribution in [2.75, 3.05) is 13.2 Å². The van der Waals surface area contributed by atoms with Crippen molar-refractivity contribution in [3.05, 3.63) is 59.7 Å². The molecule has 154 valence electrons. The third kappa shape index (κ3) is 9.50. The molecular formula is C20H20N6O2S2. The molecule has 0 aliphatic carbocycles. The highest BCUT2D eigenvalue weighted by Gasteiger charge is 1.95. The third-order valence-corrected chi connectivity index (χ3v) is 3.42. The summed E-state index contributed by atoms with van der Waals surface area (Å²) in [6.45, 7) is 0.457. The summed E-state index contributed by atoms with van der Waals surface area (Å²) in [7, 11) is 0. The molecule has 0 bridgehead atoms. The molecule has 0 aliphatic rings. The largest absolute Gasteiger partial charge is 0.481 e. The van der Waals surface area contributed by atoms with Gasteiger partial charge in [-0.25, -0.2) is 0 Å². The van der Waals surface area contributed by atoms with Crippen LogP contribution in [-0.4, -0.2) is 35.9 Å². The number of hydrogen-bond acceptors (Lipinski definition) is 6. The van der Waals surface area contributed by atoms with Gasteiger partial charge in [0, 0.05) is 0 Å². The molecule has 8 nitrogen and oxygen atoms in total. The normalized spacial score (nSPS) is 10.3. The topological polar surface area (TPSA) is 119 Å². The number of nitrogens with two attached hydrogens (primary N) is 2. The fourth-order valence-corrected chi connectivity index (χ4v) is 2.16. The van der Waals surface area contributed by atoms with Crippen molar-refractivity contribution in [1.29, 1.82) is 0 Å². The molecule has 0 saturated carbocycles. The van der Waals surface area contributed by atoms with Crippen LogP contribution in [0.25, 0.3) is 0 Å². The van der Waals surface area contributed by atoms with Crippen molar-refractivity contribution in [3.63, 3.8) is 0 Å². The summed E-state index contributed by atoms with van der Waals surface area (Å²) in [4.78, 5) is 0. The summed E-state index contributed by atoms with van der Waals surface area (Å²) >= 11 is 9.36. The second-order valence-corrected chi connectivity index (χ2v) is 6.42. The lowest BCUT2D eigenvalue weighted by molar-refractivity contribution is 0.362. The van der Waals surface area contributed by atoms with E-state index >= 15 is 0 Å². The van der Waals surface area contributed by atoms with Gasteiger partial charge in [-0.2, -0.15) is 10.2 Å². The van der Waals surface area contributed by atoms with Crippen molar-refractivity contribution in [2.45, 2.75) is 0 Å². The van der Waals surface area contributed by atoms with E-state index in [9.17, 15) is 0 Å². The van der Waals surface area contributed by atoms with Crippen molar-refractivity contribution in [2.24, 2.45) is 21.7 Å². The zero-order valence-corrected chi connectivity index (χ0v) is 17.5. The first-order valence-electron chi connectivity index (χ1n) is 8.61. The van der Waals surface area contributed by atoms with Gasteiger partial charge in [0.25, 0.3) is 0 Å². The van der Waals surface area contributed by atoms with Gasteiger partial charge in [0.1, 0.15) is 24.7 Å². The summed E-state index contributed by atoms with van der Waals surface area (Å²) in [5.41, 5.74) is 17.3. The van der Waals surface area contributed by atoms with Gasteiger partial charge in [0.2, 0.25) is 0 Å². The minimum Gasteiger partial charge on any atom is -0.481 e. The second-order valence-electron chi connectivity index (χ2n) is 5.54. The van der Waals surface area contributed by atoms with Gasteiger partial charge in [-0.05, 0) is 59.8 Å². The molecule has 0 heterocycles. The first kappa shape index (κ1) is 22.6. The van der Waals surface area contributed by atoms with Crippen LogP contribution in [0.4, 0.5) is 0 Å². The minimum absolute atomic E-state index is 0.101. The third-order valence-electron chi connectivity index (χ3n) is 3.24. The zero-order chi connectivity index (χ0) is 21.6. The number of nitrogens with one attached hydrogen (secondary N) is 2. The van der Waals surface area contributed by atoms with Gasteiger partial charge in [-0.1, -0.05) is 36.1 Å². The highest BCUT2D eigenvalue weighted by atomic mass is 32.1. The molecule has 0 atom stereocenters. The van der Waals surface area contributed by atoms with E-state index < -0.39 is 0 Å². The standard InChI is InChI=1S/C20H20N6O2S2/c21-19(29)25-23-13-15-5-3-7-17(11-15)27-9-1-2-10-28-18-8-4-6-16(12-18)14-24-26-20(22)30/h3-8,11-14H,9-10H2,(H3,21,25,29)(H3,22,26,30)/b23-13+,24-14+. The zero-order valence-electron chi connectivity index (χ0n) is 15.9. The Morgan fingerprint density at radius 1 is 0.833 bits per heavy atom. The Morgan fingerprint density at radius 2 is 1.27 bits per heavy atom. The van der Waals surface area contributed by atoms with E-state index in [1.54, 1.807) is 12.4 Å². The lowest BCUT2D eigenvalue weighted by atomic mass is 10.2. The predicted molar refractivity (Wildman–Crippen MR) is 127 cm³/mol. The van der Waals surface area contributed by atoms with Gasteiger partial charge in [0.05, 0.1) is 12.4 Å². The molecule has 10 heteroatoms. The fourth-order valence-electron chi connectivity index (χ4n) is 2.05. The molecule has 0 saturated heterocycles. The Hall–Kier alpha value is -3.68. The van der Waals surface area contributed by atoms with Crippen LogP contribution in [0, 0.1) is 11.8 Å². The Balaban J connectivity index is 1.77. The molecule has 6 N–H and O–H groups in total. The summed E-state index contributed by atoms with van der Waals surface area (Å²) in [6, 6.07) is 14.7. The highest BCUT2D eigenvalue weighted by molar-refractivity contribution is 7.80. The summed E-state index contributed by atoms with van der Waals surface area (Å²) in [5.74, 6) is 7.14. The Bertz CT molecular complexity index is 921. The molecule has 0 aliphatic heterocycles.